The number of unbranched alkanes of at least 4 members (excludes halogenated alkanes) is 2. The standard InChI is InChI=1S/C19H24N4O3/c1-3-5-8-11-20-18(24)16-12-22-17(13-21-16)23-15-10-7-6-9-14(15)19(25)26-4-2/h6-7,9-10,12-13H,3-5,8,11H2,1-2H3,(H,20,24)(H,22,23). The Hall–Kier alpha value is -2.96. The first-order chi connectivity index (χ1) is 12.7. The zero-order chi connectivity index (χ0) is 18.8. The van der Waals surface area contributed by atoms with Gasteiger partial charge in [0.05, 0.1) is 30.3 Å². The van der Waals surface area contributed by atoms with E-state index in [-0.39, 0.29) is 11.6 Å². The number of esters is 1. The van der Waals surface area contributed by atoms with Crippen LogP contribution < -0.4 is 10.6 Å². The largest absolute Gasteiger partial charge is 0.462 e. The summed E-state index contributed by atoms with van der Waals surface area (Å²) in [5.41, 5.74) is 1.23. The molecule has 0 spiro atoms. The minimum Gasteiger partial charge on any atom is -0.462 e. The first-order valence-electron chi connectivity index (χ1n) is 8.79. The number of hydrogen-bond donors (Lipinski definition) is 2. The van der Waals surface area contributed by atoms with E-state index in [1.807, 2.05) is 0 Å². The third-order valence-electron chi connectivity index (χ3n) is 3.64. The van der Waals surface area contributed by atoms with Crippen molar-refractivity contribution in [1.82, 2.24) is 15.3 Å². The van der Waals surface area contributed by atoms with Gasteiger partial charge in [0.25, 0.3) is 5.91 Å². The molecule has 1 aromatic heterocycles. The number of nitrogens with one attached hydrogen (secondary N) is 2. The SMILES string of the molecule is CCCCCNC(=O)c1cnc(Nc2ccccc2C(=O)OCC)cn1. The van der Waals surface area contributed by atoms with E-state index in [1.54, 1.807) is 31.2 Å². The molecular weight excluding hydrogens is 332 g/mol. The van der Waals surface area contributed by atoms with Crippen LogP contribution in [0.25, 0.3) is 0 Å². The first-order valence-corrected chi connectivity index (χ1v) is 8.79. The van der Waals surface area contributed by atoms with Gasteiger partial charge in [-0.2, -0.15) is 0 Å². The second-order valence-electron chi connectivity index (χ2n) is 5.64. The summed E-state index contributed by atoms with van der Waals surface area (Å²) in [7, 11) is 0. The number of para-hydroxylation sites is 1. The molecule has 7 heteroatoms. The number of benzene rings is 1. The lowest BCUT2D eigenvalue weighted by Crippen LogP contribution is -2.25. The smallest absolute Gasteiger partial charge is 0.340 e. The number of aromatic nitrogens is 2. The molecule has 2 N–H and O–H groups in total. The fraction of sp³-hybridized carbons (Fsp3) is 0.368. The molecule has 0 atom stereocenters. The molecule has 2 rings (SSSR count). The van der Waals surface area contributed by atoms with Gasteiger partial charge in [-0.15, -0.1) is 0 Å². The summed E-state index contributed by atoms with van der Waals surface area (Å²) in [6.45, 7) is 4.79. The predicted octanol–water partition coefficient (Wildman–Crippen LogP) is 3.32. The Morgan fingerprint density at radius 2 is 1.88 bits per heavy atom. The van der Waals surface area contributed by atoms with Gasteiger partial charge in [0.1, 0.15) is 11.5 Å². The number of carbonyl (C=O) groups is 2. The highest BCUT2D eigenvalue weighted by Gasteiger charge is 2.13. The summed E-state index contributed by atoms with van der Waals surface area (Å²) in [5.74, 6) is -0.219. The molecule has 26 heavy (non-hydrogen) atoms. The fourth-order valence-corrected chi connectivity index (χ4v) is 2.29. The molecule has 0 bridgehead atoms. The van der Waals surface area contributed by atoms with Crippen molar-refractivity contribution >= 4 is 23.4 Å². The van der Waals surface area contributed by atoms with Crippen LogP contribution in [-0.4, -0.2) is 35.0 Å². The molecule has 0 saturated heterocycles. The number of rotatable bonds is 9. The number of ether oxygens (including phenoxy) is 1. The van der Waals surface area contributed by atoms with Crippen molar-refractivity contribution in [2.45, 2.75) is 33.1 Å². The van der Waals surface area contributed by atoms with Gasteiger partial charge >= 0.3 is 5.97 Å². The van der Waals surface area contributed by atoms with Gasteiger partial charge in [-0.05, 0) is 25.5 Å². The second kappa shape index (κ2) is 10.1. The van der Waals surface area contributed by atoms with E-state index in [9.17, 15) is 9.59 Å². The highest BCUT2D eigenvalue weighted by atomic mass is 16.5. The van der Waals surface area contributed by atoms with Crippen LogP contribution in [0.4, 0.5) is 11.5 Å². The summed E-state index contributed by atoms with van der Waals surface area (Å²) in [4.78, 5) is 32.3. The van der Waals surface area contributed by atoms with Crippen LogP contribution in [-0.2, 0) is 4.74 Å². The Kier molecular flexibility index (Phi) is 7.54. The maximum absolute atomic E-state index is 12.0. The quantitative estimate of drug-likeness (QED) is 0.529. The predicted molar refractivity (Wildman–Crippen MR) is 99.6 cm³/mol. The van der Waals surface area contributed by atoms with Gasteiger partial charge in [-0.1, -0.05) is 31.9 Å². The molecule has 2 aromatic rings. The van der Waals surface area contributed by atoms with E-state index >= 15 is 0 Å². The lowest BCUT2D eigenvalue weighted by molar-refractivity contribution is 0.0527. The third kappa shape index (κ3) is 5.54. The second-order valence-corrected chi connectivity index (χ2v) is 5.64. The van der Waals surface area contributed by atoms with E-state index in [1.165, 1.54) is 12.4 Å². The van der Waals surface area contributed by atoms with Crippen molar-refractivity contribution in [2.75, 3.05) is 18.5 Å². The Labute approximate surface area is 153 Å². The number of anilines is 2. The van der Waals surface area contributed by atoms with Crippen molar-refractivity contribution in [3.05, 3.63) is 47.9 Å². The maximum Gasteiger partial charge on any atom is 0.340 e. The molecule has 0 unspecified atom stereocenters. The maximum atomic E-state index is 12.0. The van der Waals surface area contributed by atoms with Gasteiger partial charge in [-0.25, -0.2) is 14.8 Å². The van der Waals surface area contributed by atoms with E-state index in [0.29, 0.717) is 30.2 Å². The summed E-state index contributed by atoms with van der Waals surface area (Å²) in [6.07, 6.45) is 5.99. The summed E-state index contributed by atoms with van der Waals surface area (Å²) in [5, 5.41) is 5.85. The Morgan fingerprint density at radius 3 is 2.58 bits per heavy atom. The van der Waals surface area contributed by atoms with Gasteiger partial charge in [-0.3, -0.25) is 4.79 Å². The van der Waals surface area contributed by atoms with Crippen LogP contribution in [0.2, 0.25) is 0 Å². The number of hydrogen-bond acceptors (Lipinski definition) is 6. The third-order valence-corrected chi connectivity index (χ3v) is 3.64. The minimum absolute atomic E-state index is 0.243. The van der Waals surface area contributed by atoms with E-state index < -0.39 is 5.97 Å². The van der Waals surface area contributed by atoms with Crippen LogP contribution in [0.3, 0.4) is 0 Å². The molecule has 0 fully saturated rings. The molecule has 1 amide bonds. The Bertz CT molecular complexity index is 732. The van der Waals surface area contributed by atoms with Gasteiger partial charge in [0.2, 0.25) is 0 Å². The average Bonchev–Trinajstić information content (AvgIpc) is 2.66. The fourth-order valence-electron chi connectivity index (χ4n) is 2.29. The van der Waals surface area contributed by atoms with Crippen LogP contribution in [0.1, 0.15) is 54.0 Å². The molecule has 7 nitrogen and oxygen atoms in total. The van der Waals surface area contributed by atoms with Gasteiger partial charge in [0.15, 0.2) is 0 Å². The number of amides is 1. The highest BCUT2D eigenvalue weighted by molar-refractivity contribution is 5.96. The van der Waals surface area contributed by atoms with Crippen LogP contribution in [0, 0.1) is 0 Å². The van der Waals surface area contributed by atoms with Crippen LogP contribution in [0.5, 0.6) is 0 Å². The highest BCUT2D eigenvalue weighted by Crippen LogP contribution is 2.20. The van der Waals surface area contributed by atoms with Crippen LogP contribution >= 0.6 is 0 Å². The van der Waals surface area contributed by atoms with Crippen molar-refractivity contribution < 1.29 is 14.3 Å². The zero-order valence-electron chi connectivity index (χ0n) is 15.1. The van der Waals surface area contributed by atoms with Crippen molar-refractivity contribution in [3.8, 4) is 0 Å². The summed E-state index contributed by atoms with van der Waals surface area (Å²) < 4.78 is 5.04. The molecule has 138 valence electrons. The molecule has 0 aliphatic carbocycles. The zero-order valence-corrected chi connectivity index (χ0v) is 15.1. The molecular formula is C19H24N4O3. The first kappa shape index (κ1) is 19.4. The summed E-state index contributed by atoms with van der Waals surface area (Å²) >= 11 is 0. The lowest BCUT2D eigenvalue weighted by atomic mass is 10.2. The number of carbonyl (C=O) groups excluding carboxylic acids is 2. The lowest BCUT2D eigenvalue weighted by Gasteiger charge is -2.10. The monoisotopic (exact) mass is 356 g/mol. The normalized spacial score (nSPS) is 10.2. The molecule has 0 aliphatic heterocycles. The Balaban J connectivity index is 2.01. The summed E-state index contributed by atoms with van der Waals surface area (Å²) in [6, 6.07) is 6.99. The average molecular weight is 356 g/mol. The van der Waals surface area contributed by atoms with E-state index in [0.717, 1.165) is 19.3 Å². The molecule has 0 radical (unpaired) electrons. The van der Waals surface area contributed by atoms with Gasteiger partial charge < -0.3 is 15.4 Å². The number of nitrogens with zero attached hydrogens (tertiary/aromatic N) is 2. The molecule has 1 aromatic carbocycles. The Morgan fingerprint density at radius 1 is 1.08 bits per heavy atom. The van der Waals surface area contributed by atoms with Crippen LogP contribution in [0.15, 0.2) is 36.7 Å². The van der Waals surface area contributed by atoms with Gasteiger partial charge in [0, 0.05) is 6.54 Å². The topological polar surface area (TPSA) is 93.2 Å². The van der Waals surface area contributed by atoms with Crippen molar-refractivity contribution in [3.63, 3.8) is 0 Å². The molecule has 1 heterocycles. The minimum atomic E-state index is -0.411. The van der Waals surface area contributed by atoms with Crippen molar-refractivity contribution in [1.29, 1.82) is 0 Å². The molecule has 0 saturated carbocycles. The molecule has 0 aliphatic rings. The van der Waals surface area contributed by atoms with Crippen molar-refractivity contribution in [2.24, 2.45) is 0 Å². The van der Waals surface area contributed by atoms with E-state index in [2.05, 4.69) is 27.5 Å². The van der Waals surface area contributed by atoms with E-state index in [4.69, 9.17) is 4.74 Å².